The Labute approximate surface area is 336 Å². The summed E-state index contributed by atoms with van der Waals surface area (Å²) in [6.07, 6.45) is 0. The smallest absolute Gasteiger partial charge is 0.164 e. The summed E-state index contributed by atoms with van der Waals surface area (Å²) in [6.45, 7) is 0. The van der Waals surface area contributed by atoms with Crippen molar-refractivity contribution in [1.82, 2.24) is 19.9 Å². The SMILES string of the molecule is c1ccc(-c2nc(-c3cccc(-c4ccc5sc6c(ccc7c(-c8ccccc8)nc8ccccc8c76)c5c4)c3)nc(-c3cccc4oc5ccccc5c34)n2)cc1. The summed E-state index contributed by atoms with van der Waals surface area (Å²) in [5.41, 5.74) is 9.73. The van der Waals surface area contributed by atoms with Gasteiger partial charge in [-0.15, -0.1) is 11.3 Å². The molecule has 12 aromatic rings. The molecular formula is C52H30N4OS. The lowest BCUT2D eigenvalue weighted by Crippen LogP contribution is -2.00. The molecule has 0 atom stereocenters. The van der Waals surface area contributed by atoms with E-state index in [1.807, 2.05) is 72.0 Å². The van der Waals surface area contributed by atoms with Gasteiger partial charge < -0.3 is 4.42 Å². The minimum Gasteiger partial charge on any atom is -0.456 e. The van der Waals surface area contributed by atoms with Gasteiger partial charge >= 0.3 is 0 Å². The van der Waals surface area contributed by atoms with Crippen LogP contribution in [0.2, 0.25) is 0 Å². The number of aromatic nitrogens is 4. The molecule has 0 unspecified atom stereocenters. The zero-order valence-corrected chi connectivity index (χ0v) is 31.7. The van der Waals surface area contributed by atoms with E-state index in [0.717, 1.165) is 66.5 Å². The fraction of sp³-hybridized carbons (Fsp3) is 0. The molecular weight excluding hydrogens is 729 g/mol. The summed E-state index contributed by atoms with van der Waals surface area (Å²) in [5, 5.41) is 8.10. The van der Waals surface area contributed by atoms with Crippen LogP contribution in [0.4, 0.5) is 0 Å². The molecule has 8 aromatic carbocycles. The number of hydrogen-bond acceptors (Lipinski definition) is 6. The largest absolute Gasteiger partial charge is 0.456 e. The van der Waals surface area contributed by atoms with E-state index in [-0.39, 0.29) is 0 Å². The molecule has 4 aromatic heterocycles. The van der Waals surface area contributed by atoms with Crippen molar-refractivity contribution in [3.8, 4) is 56.5 Å². The first kappa shape index (κ1) is 32.7. The lowest BCUT2D eigenvalue weighted by molar-refractivity contribution is 0.669. The molecule has 0 bridgehead atoms. The van der Waals surface area contributed by atoms with E-state index in [0.29, 0.717) is 17.5 Å². The molecule has 12 rings (SSSR count). The van der Waals surface area contributed by atoms with Gasteiger partial charge in [0.1, 0.15) is 11.2 Å². The predicted octanol–water partition coefficient (Wildman–Crippen LogP) is 14.2. The van der Waals surface area contributed by atoms with E-state index in [1.54, 1.807) is 0 Å². The van der Waals surface area contributed by atoms with Gasteiger partial charge in [-0.05, 0) is 47.5 Å². The van der Waals surface area contributed by atoms with E-state index in [2.05, 4.69) is 121 Å². The number of benzene rings is 8. The van der Waals surface area contributed by atoms with E-state index < -0.39 is 0 Å². The van der Waals surface area contributed by atoms with E-state index in [9.17, 15) is 0 Å². The quantitative estimate of drug-likeness (QED) is 0.164. The third kappa shape index (κ3) is 5.23. The normalized spacial score (nSPS) is 11.8. The van der Waals surface area contributed by atoms with Crippen LogP contribution in [0.5, 0.6) is 0 Å². The lowest BCUT2D eigenvalue weighted by atomic mass is 9.97. The van der Waals surface area contributed by atoms with Crippen LogP contribution in [0, 0.1) is 0 Å². The van der Waals surface area contributed by atoms with Gasteiger partial charge in [-0.1, -0.05) is 146 Å². The molecule has 6 heteroatoms. The van der Waals surface area contributed by atoms with E-state index in [4.69, 9.17) is 24.4 Å². The molecule has 5 nitrogen and oxygen atoms in total. The maximum atomic E-state index is 6.25. The first-order valence-corrected chi connectivity index (χ1v) is 20.1. The molecule has 0 aliphatic rings. The molecule has 0 fully saturated rings. The zero-order valence-electron chi connectivity index (χ0n) is 30.9. The number of rotatable bonds is 5. The third-order valence-corrected chi connectivity index (χ3v) is 12.3. The molecule has 58 heavy (non-hydrogen) atoms. The number of pyridine rings is 1. The van der Waals surface area contributed by atoms with Gasteiger partial charge in [0.15, 0.2) is 17.5 Å². The molecule has 0 saturated heterocycles. The Kier molecular flexibility index (Phi) is 7.33. The van der Waals surface area contributed by atoms with Crippen molar-refractivity contribution in [3.05, 3.63) is 182 Å². The Morgan fingerprint density at radius 1 is 0.362 bits per heavy atom. The maximum absolute atomic E-state index is 6.25. The predicted molar refractivity (Wildman–Crippen MR) is 240 cm³/mol. The highest BCUT2D eigenvalue weighted by molar-refractivity contribution is 7.26. The second-order valence-electron chi connectivity index (χ2n) is 14.6. The van der Waals surface area contributed by atoms with Gasteiger partial charge in [0.25, 0.3) is 0 Å². The van der Waals surface area contributed by atoms with E-state index in [1.165, 1.54) is 36.3 Å². The summed E-state index contributed by atoms with van der Waals surface area (Å²) >= 11 is 1.85. The minimum absolute atomic E-state index is 0.600. The first-order chi connectivity index (χ1) is 28.7. The monoisotopic (exact) mass is 758 g/mol. The van der Waals surface area contributed by atoms with Crippen LogP contribution in [0.1, 0.15) is 0 Å². The highest BCUT2D eigenvalue weighted by Gasteiger charge is 2.19. The summed E-state index contributed by atoms with van der Waals surface area (Å²) < 4.78 is 8.78. The molecule has 0 spiro atoms. The van der Waals surface area contributed by atoms with Crippen molar-refractivity contribution < 1.29 is 4.42 Å². The zero-order chi connectivity index (χ0) is 38.2. The molecule has 0 amide bonds. The number of hydrogen-bond donors (Lipinski definition) is 0. The lowest BCUT2D eigenvalue weighted by Gasteiger charge is -2.11. The van der Waals surface area contributed by atoms with Gasteiger partial charge in [0.2, 0.25) is 0 Å². The number of furan rings is 1. The Morgan fingerprint density at radius 2 is 1.00 bits per heavy atom. The van der Waals surface area contributed by atoms with Crippen molar-refractivity contribution >= 4 is 75.1 Å². The second-order valence-corrected chi connectivity index (χ2v) is 15.6. The van der Waals surface area contributed by atoms with Crippen molar-refractivity contribution in [2.45, 2.75) is 0 Å². The Hall–Kier alpha value is -7.54. The van der Waals surface area contributed by atoms with Crippen molar-refractivity contribution in [2.75, 3.05) is 0 Å². The third-order valence-electron chi connectivity index (χ3n) is 11.1. The van der Waals surface area contributed by atoms with Crippen LogP contribution in [0.3, 0.4) is 0 Å². The molecule has 0 saturated carbocycles. The Bertz CT molecular complexity index is 3570. The average Bonchev–Trinajstić information content (AvgIpc) is 3.87. The summed E-state index contributed by atoms with van der Waals surface area (Å²) in [6, 6.07) is 63.2. The number of nitrogens with zero attached hydrogens (tertiary/aromatic N) is 4. The van der Waals surface area contributed by atoms with Crippen molar-refractivity contribution in [1.29, 1.82) is 0 Å². The second kappa shape index (κ2) is 13.0. The molecule has 270 valence electrons. The van der Waals surface area contributed by atoms with Crippen LogP contribution in [0.15, 0.2) is 186 Å². The summed E-state index contributed by atoms with van der Waals surface area (Å²) in [4.78, 5) is 20.5. The van der Waals surface area contributed by atoms with Crippen LogP contribution < -0.4 is 0 Å². The van der Waals surface area contributed by atoms with Gasteiger partial charge in [-0.25, -0.2) is 19.9 Å². The standard InChI is InChI=1S/C52H30N4OS/c1-3-13-31(14-4-1)48-39-27-26-36-41-30-34(25-28-45(41)58-49(36)47(39)37-19-7-9-22-42(37)53-48)33-17-11-18-35(29-33)51-54-50(32-15-5-2-6-16-32)55-52(56-51)40-21-12-24-44-46(40)38-20-8-10-23-43(38)57-44/h1-30H. The first-order valence-electron chi connectivity index (χ1n) is 19.3. The molecule has 4 heterocycles. The highest BCUT2D eigenvalue weighted by atomic mass is 32.1. The average molecular weight is 759 g/mol. The number of para-hydroxylation sites is 2. The van der Waals surface area contributed by atoms with Crippen molar-refractivity contribution in [2.24, 2.45) is 0 Å². The van der Waals surface area contributed by atoms with E-state index >= 15 is 0 Å². The molecule has 0 aliphatic carbocycles. The molecule has 0 N–H and O–H groups in total. The fourth-order valence-electron chi connectivity index (χ4n) is 8.40. The Morgan fingerprint density at radius 3 is 1.86 bits per heavy atom. The van der Waals surface area contributed by atoms with Crippen LogP contribution in [-0.4, -0.2) is 19.9 Å². The maximum Gasteiger partial charge on any atom is 0.164 e. The topological polar surface area (TPSA) is 64.7 Å². The van der Waals surface area contributed by atoms with Gasteiger partial charge in [0, 0.05) is 69.4 Å². The van der Waals surface area contributed by atoms with Gasteiger partial charge in [-0.2, -0.15) is 0 Å². The Balaban J connectivity index is 1.02. The van der Waals surface area contributed by atoms with Gasteiger partial charge in [-0.3, -0.25) is 0 Å². The summed E-state index contributed by atoms with van der Waals surface area (Å²) in [7, 11) is 0. The number of fused-ring (bicyclic) bond motifs is 10. The van der Waals surface area contributed by atoms with Crippen molar-refractivity contribution in [3.63, 3.8) is 0 Å². The fourth-order valence-corrected chi connectivity index (χ4v) is 9.65. The van der Waals surface area contributed by atoms with Crippen LogP contribution >= 0.6 is 11.3 Å². The van der Waals surface area contributed by atoms with Crippen LogP contribution in [-0.2, 0) is 0 Å². The van der Waals surface area contributed by atoms with Crippen LogP contribution in [0.25, 0.3) is 120 Å². The summed E-state index contributed by atoms with van der Waals surface area (Å²) in [5.74, 6) is 1.83. The molecule has 0 aliphatic heterocycles. The number of thiophene rings is 1. The molecule has 0 radical (unpaired) electrons. The highest BCUT2D eigenvalue weighted by Crippen LogP contribution is 2.44. The minimum atomic E-state index is 0.600. The van der Waals surface area contributed by atoms with Gasteiger partial charge in [0.05, 0.1) is 11.2 Å².